The van der Waals surface area contributed by atoms with E-state index in [9.17, 15) is 33.6 Å². The molecule has 0 saturated carbocycles. The van der Waals surface area contributed by atoms with Crippen molar-refractivity contribution in [2.45, 2.75) is 171 Å². The molecule has 7 aliphatic carbocycles. The van der Waals surface area contributed by atoms with Crippen LogP contribution in [0, 0.1) is 0 Å². The first-order chi connectivity index (χ1) is 62.4. The minimum atomic E-state index is -0.750. The summed E-state index contributed by atoms with van der Waals surface area (Å²) in [7, 11) is 13.7. The smallest absolute Gasteiger partial charge is 0.409 e. The summed E-state index contributed by atoms with van der Waals surface area (Å²) in [6.07, 6.45) is 10.1. The predicted octanol–water partition coefficient (Wildman–Crippen LogP) is 13.4. The zero-order chi connectivity index (χ0) is 91.5. The van der Waals surface area contributed by atoms with Gasteiger partial charge in [-0.3, -0.25) is 0 Å². The lowest BCUT2D eigenvalue weighted by molar-refractivity contribution is 0.112. The van der Waals surface area contributed by atoms with E-state index in [1.807, 2.05) is 111 Å². The third-order valence-electron chi connectivity index (χ3n) is 29.1. The number of fused-ring (bicyclic) bond motifs is 21. The fourth-order valence-corrected chi connectivity index (χ4v) is 24.5. The highest BCUT2D eigenvalue weighted by atomic mass is 79.9. The molecule has 682 valence electrons. The summed E-state index contributed by atoms with van der Waals surface area (Å²) in [5, 5.41) is 23.0. The van der Waals surface area contributed by atoms with E-state index in [0.717, 1.165) is 155 Å². The maximum absolute atomic E-state index is 12.5. The third kappa shape index (κ3) is 16.7. The molecule has 7 saturated heterocycles. The summed E-state index contributed by atoms with van der Waals surface area (Å²) in [6.45, 7) is 4.95. The zero-order valence-electron chi connectivity index (χ0n) is 73.6. The molecule has 7 aromatic rings. The van der Waals surface area contributed by atoms with Crippen LogP contribution in [0.3, 0.4) is 0 Å². The van der Waals surface area contributed by atoms with Crippen LogP contribution in [0.25, 0.3) is 0 Å². The Morgan fingerprint density at radius 2 is 0.620 bits per heavy atom. The van der Waals surface area contributed by atoms with Gasteiger partial charge in [-0.1, -0.05) is 137 Å². The number of likely N-dealkylation sites (tertiary alicyclic amines) is 7. The number of carbonyl (C=O) groups excluding carboxylic acids is 7. The topological polar surface area (TPSA) is 383 Å². The Morgan fingerprint density at radius 3 is 0.953 bits per heavy atom. The average molecular weight is 1870 g/mol. The van der Waals surface area contributed by atoms with Crippen LogP contribution in [-0.4, -0.2) is 246 Å². The van der Waals surface area contributed by atoms with Crippen LogP contribution in [0.15, 0.2) is 166 Å². The fraction of sp³-hybridized carbons (Fsp3) is 0.473. The molecule has 7 aliphatic heterocycles. The lowest BCUT2D eigenvalue weighted by Crippen LogP contribution is -2.42. The van der Waals surface area contributed by atoms with Gasteiger partial charge in [0.15, 0.2) is 0 Å². The molecule has 7 fully saturated rings. The number of amides is 7. The highest BCUT2D eigenvalue weighted by Gasteiger charge is 2.59. The number of ether oxygens (including phenoxy) is 7. The van der Waals surface area contributed by atoms with Crippen LogP contribution in [0.4, 0.5) is 56.3 Å². The Kier molecular flexibility index (Phi) is 27.7. The van der Waals surface area contributed by atoms with Crippen LogP contribution >= 0.6 is 15.9 Å². The largest absolute Gasteiger partial charge is 0.453 e. The average Bonchev–Trinajstić information content (AvgIpc) is 1.57. The van der Waals surface area contributed by atoms with Gasteiger partial charge >= 0.3 is 65.8 Å². The number of carbonyl (C=O) groups is 7. The van der Waals surface area contributed by atoms with Gasteiger partial charge in [0.25, 0.3) is 0 Å². The van der Waals surface area contributed by atoms with Gasteiger partial charge < -0.3 is 77.5 Å². The minimum absolute atomic E-state index is 0.0716. The monoisotopic (exact) mass is 1870 g/mol. The number of azo groups is 2. The predicted molar refractivity (Wildman–Crippen MR) is 481 cm³/mol. The number of nitrogens with two attached hydrogens (primary N) is 2. The van der Waals surface area contributed by atoms with E-state index in [-0.39, 0.29) is 89.3 Å². The number of benzene rings is 7. The van der Waals surface area contributed by atoms with Crippen LogP contribution in [0.2, 0.25) is 0 Å². The maximum Gasteiger partial charge on any atom is 0.409 e. The number of hydrogen-bond donors (Lipinski definition) is 2. The van der Waals surface area contributed by atoms with Gasteiger partial charge in [0.05, 0.1) is 95.0 Å². The van der Waals surface area contributed by atoms with Gasteiger partial charge in [-0.05, 0) is 192 Å². The van der Waals surface area contributed by atoms with Crippen molar-refractivity contribution >= 4 is 104 Å². The van der Waals surface area contributed by atoms with Crippen molar-refractivity contribution < 1.29 is 83.6 Å². The van der Waals surface area contributed by atoms with Crippen molar-refractivity contribution in [2.75, 3.05) is 120 Å². The Balaban J connectivity index is 0.000000126. The van der Waals surface area contributed by atoms with E-state index >= 15 is 0 Å². The molecule has 14 atom stereocenters. The molecule has 0 unspecified atom stereocenters. The number of nitrogens with zero attached hydrogens (tertiary/aromatic N) is 13. The molecular formula is C93H108BrN15O18S2. The van der Waals surface area contributed by atoms with Crippen molar-refractivity contribution in [2.24, 2.45) is 32.1 Å². The molecular weight excluding hydrogens is 1760 g/mol. The summed E-state index contributed by atoms with van der Waals surface area (Å²) in [5.41, 5.74) is 20.1. The normalized spacial score (nSPS) is 26.3. The SMILES string of the molecule is COC(=O)N1CC[C@@H]2c3cccc(N(C)N)c3C[C@@H]21.COC(=O)N1CC[C@H]2c3cccc(N(C)N)c3C[C@H]21.COC(=O)N1CC[C@H]2c3cccc(N=N[C@]45CCN(C(=O)OC)[C@H]4Cc4ccccc45)c3C[C@H]21.COC(=O)N1CC[C@]2(Br)c3ccccc3C[C@H]12.COC(=O)N1CC[C@]2(N=Nc3cccc4c3C[C@H]3[C@@H]4CCN3C(=O)OC)c3ccccc3C[C@H]12.O=S=O.O=S=O. The minimum Gasteiger partial charge on any atom is -0.453 e. The van der Waals surface area contributed by atoms with E-state index < -0.39 is 34.2 Å². The maximum atomic E-state index is 12.5. The summed E-state index contributed by atoms with van der Waals surface area (Å²) in [4.78, 5) is 97.7. The summed E-state index contributed by atoms with van der Waals surface area (Å²) < 4.78 is 67.8. The van der Waals surface area contributed by atoms with Crippen molar-refractivity contribution in [1.82, 2.24) is 34.3 Å². The molecule has 7 aromatic carbocycles. The summed E-state index contributed by atoms with van der Waals surface area (Å²) in [5.74, 6) is 13.2. The molecule has 14 aliphatic rings. The molecule has 21 rings (SSSR count). The lowest BCUT2D eigenvalue weighted by Gasteiger charge is -2.28. The standard InChI is InChI=1S/2C26H28N4O4.2C14H19N3O2.C13H14BrNO2.2O2S/c2*1-33-24(31)29-12-10-18-17-7-5-9-21(19(17)15-22(18)29)27-28-26-11-13-30(25(32)34-2)23(26)14-16-6-3-4-8-20(16)26;2*1-16(15)12-5-3-4-9-10-6-7-17(14(18)19-2)13(10)8-11(9)12;1-17-12(16)15-7-6-13(14)10-5-3-2-4-9(10)8-11(13)15;2*1-3-2/h2*3-9,18,22-23H,10-15H2,1-2H3;2*3-5,10,13H,6-8,15H2,1-2H3;2-5,11H,6-8H2,1H3;;/t18-,22+,23+,26+;18-,22+,23-,26-;2*10-,13+;11-,13-;;/m10100../s1. The van der Waals surface area contributed by atoms with E-state index in [0.29, 0.717) is 49.6 Å². The highest BCUT2D eigenvalue weighted by Crippen LogP contribution is 2.57. The van der Waals surface area contributed by atoms with Crippen LogP contribution in [0.5, 0.6) is 0 Å². The van der Waals surface area contributed by atoms with Gasteiger partial charge in [-0.15, -0.1) is 0 Å². The van der Waals surface area contributed by atoms with Crippen molar-refractivity contribution in [1.29, 1.82) is 0 Å². The molecule has 4 N–H and O–H groups in total. The first kappa shape index (κ1) is 92.0. The van der Waals surface area contributed by atoms with Gasteiger partial charge in [0.1, 0.15) is 11.1 Å². The van der Waals surface area contributed by atoms with Crippen LogP contribution in [0.1, 0.15) is 147 Å². The van der Waals surface area contributed by atoms with Gasteiger partial charge in [0, 0.05) is 108 Å². The molecule has 33 nitrogen and oxygen atoms in total. The number of halogens is 1. The number of anilines is 2. The van der Waals surface area contributed by atoms with Gasteiger partial charge in [-0.25, -0.2) is 45.2 Å². The highest BCUT2D eigenvalue weighted by molar-refractivity contribution is 9.09. The second-order valence-electron chi connectivity index (χ2n) is 34.5. The zero-order valence-corrected chi connectivity index (χ0v) is 76.8. The third-order valence-corrected chi connectivity index (χ3v) is 30.4. The molecule has 7 heterocycles. The lowest BCUT2D eigenvalue weighted by atomic mass is 9.89. The Morgan fingerprint density at radius 1 is 0.349 bits per heavy atom. The second-order valence-corrected chi connectivity index (χ2v) is 36.2. The van der Waals surface area contributed by atoms with E-state index in [4.69, 9.17) is 82.1 Å². The van der Waals surface area contributed by atoms with Crippen molar-refractivity contribution in [3.05, 3.63) is 223 Å². The number of methoxy groups -OCH3 is 7. The van der Waals surface area contributed by atoms with E-state index in [1.165, 1.54) is 105 Å². The summed E-state index contributed by atoms with van der Waals surface area (Å²) >= 11 is 2.36. The van der Waals surface area contributed by atoms with Gasteiger partial charge in [-0.2, -0.15) is 37.3 Å². The molecule has 0 bridgehead atoms. The second kappa shape index (κ2) is 38.9. The van der Waals surface area contributed by atoms with E-state index in [2.05, 4.69) is 88.7 Å². The quantitative estimate of drug-likeness (QED) is 0.0513. The van der Waals surface area contributed by atoms with Crippen molar-refractivity contribution in [3.8, 4) is 0 Å². The summed E-state index contributed by atoms with van der Waals surface area (Å²) in [6, 6.07) is 50.5. The molecule has 36 heteroatoms. The number of hydrazine groups is 2. The first-order valence-electron chi connectivity index (χ1n) is 43.4. The Hall–Kier alpha value is -11.7. The molecule has 0 spiro atoms. The molecule has 0 aromatic heterocycles. The number of rotatable bonds is 6. The van der Waals surface area contributed by atoms with Crippen LogP contribution < -0.4 is 21.7 Å². The van der Waals surface area contributed by atoms with Crippen LogP contribution in [-0.2, 0) is 117 Å². The number of alkyl halides is 1. The first-order valence-corrected chi connectivity index (χ1v) is 45.5. The number of hydrogen-bond acceptors (Lipinski definition) is 26. The Bertz CT molecular complexity index is 5300. The Labute approximate surface area is 764 Å². The molecule has 0 radical (unpaired) electrons. The van der Waals surface area contributed by atoms with Gasteiger partial charge in [0.2, 0.25) is 0 Å². The molecule has 129 heavy (non-hydrogen) atoms. The fourth-order valence-electron chi connectivity index (χ4n) is 23.6. The van der Waals surface area contributed by atoms with Crippen molar-refractivity contribution in [3.63, 3.8) is 0 Å². The van der Waals surface area contributed by atoms with E-state index in [1.54, 1.807) is 19.8 Å². The molecule has 7 amide bonds.